The number of β-lactam (4-membered cyclic amide) rings is 2. The summed E-state index contributed by atoms with van der Waals surface area (Å²) < 4.78 is 4.70. The van der Waals surface area contributed by atoms with Gasteiger partial charge in [0, 0.05) is 0 Å². The molecule has 0 radical (unpaired) electrons. The lowest BCUT2D eigenvalue weighted by atomic mass is 10.1. The number of cyclic esters (lactones) is 1. The van der Waals surface area contributed by atoms with Crippen LogP contribution in [-0.2, 0) is 24.0 Å². The maximum atomic E-state index is 10.9. The van der Waals surface area contributed by atoms with Crippen molar-refractivity contribution in [2.45, 2.75) is 25.4 Å². The van der Waals surface area contributed by atoms with E-state index in [1.165, 1.54) is 0 Å². The molecule has 76 valence electrons. The van der Waals surface area contributed by atoms with E-state index in [1.54, 1.807) is 6.92 Å². The average Bonchev–Trinajstić information content (AvgIpc) is 2.44. The largest absolute Gasteiger partial charge is 0.462 e. The second kappa shape index (κ2) is 2.78. The fraction of sp³-hybridized carbons (Fsp3) is 0.625. The van der Waals surface area contributed by atoms with E-state index in [4.69, 9.17) is 9.57 Å². The van der Waals surface area contributed by atoms with Gasteiger partial charge >= 0.3 is 5.97 Å². The van der Waals surface area contributed by atoms with Gasteiger partial charge in [0.05, 0.1) is 6.42 Å². The van der Waals surface area contributed by atoms with Gasteiger partial charge in [-0.1, -0.05) is 0 Å². The second-order valence-corrected chi connectivity index (χ2v) is 3.64. The highest BCUT2D eigenvalue weighted by Gasteiger charge is 2.45. The molecule has 0 N–H and O–H groups in total. The first-order valence-corrected chi connectivity index (χ1v) is 4.21. The minimum Gasteiger partial charge on any atom is -0.462 e. The number of carbonyl (C=O) groups is 3. The van der Waals surface area contributed by atoms with Crippen molar-refractivity contribution in [1.82, 2.24) is 5.06 Å². The predicted molar refractivity (Wildman–Crippen MR) is 41.5 cm³/mol. The minimum atomic E-state index is -0.886. The lowest BCUT2D eigenvalue weighted by molar-refractivity contribution is -0.246. The molecule has 2 rings (SSSR count). The van der Waals surface area contributed by atoms with Crippen molar-refractivity contribution in [2.24, 2.45) is 0 Å². The van der Waals surface area contributed by atoms with E-state index >= 15 is 0 Å². The average molecular weight is 199 g/mol. The van der Waals surface area contributed by atoms with Crippen LogP contribution in [0.4, 0.5) is 0 Å². The van der Waals surface area contributed by atoms with Crippen LogP contribution in [0.3, 0.4) is 0 Å². The molecular formula is C8H9NO5. The van der Waals surface area contributed by atoms with Crippen molar-refractivity contribution in [1.29, 1.82) is 0 Å². The molecule has 2 aliphatic rings. The molecule has 2 saturated heterocycles. The van der Waals surface area contributed by atoms with Gasteiger partial charge in [-0.25, -0.2) is 0 Å². The smallest absolute Gasteiger partial charge is 0.309 e. The van der Waals surface area contributed by atoms with Gasteiger partial charge in [0.25, 0.3) is 11.8 Å². The van der Waals surface area contributed by atoms with E-state index in [9.17, 15) is 14.4 Å². The van der Waals surface area contributed by atoms with Gasteiger partial charge in [0.1, 0.15) is 18.6 Å². The summed E-state index contributed by atoms with van der Waals surface area (Å²) in [6.45, 7) is 1.69. The molecule has 2 aliphatic heterocycles. The number of hydrogen-bond acceptors (Lipinski definition) is 5. The molecule has 0 spiro atoms. The van der Waals surface area contributed by atoms with Crippen LogP contribution in [0.15, 0.2) is 0 Å². The standard InChI is InChI=1S/C8H9NO5/c1-8(3-7(12)13-4-8)14-9-5(10)2-6(9)11/h2-4H2,1H3. The van der Waals surface area contributed by atoms with Crippen molar-refractivity contribution < 1.29 is 24.0 Å². The predicted octanol–water partition coefficient (Wildman–Crippen LogP) is -0.617. The van der Waals surface area contributed by atoms with Crippen LogP contribution in [0.25, 0.3) is 0 Å². The Balaban J connectivity index is 2.00. The summed E-state index contributed by atoms with van der Waals surface area (Å²) in [5, 5.41) is 0.696. The van der Waals surface area contributed by atoms with E-state index in [0.29, 0.717) is 5.06 Å². The zero-order valence-corrected chi connectivity index (χ0v) is 7.61. The first-order chi connectivity index (χ1) is 6.50. The normalized spacial score (nSPS) is 31.8. The molecule has 0 saturated carbocycles. The van der Waals surface area contributed by atoms with Crippen LogP contribution >= 0.6 is 0 Å². The molecule has 6 heteroatoms. The number of esters is 1. The summed E-state index contributed by atoms with van der Waals surface area (Å²) in [6.07, 6.45) is -0.0606. The summed E-state index contributed by atoms with van der Waals surface area (Å²) in [7, 11) is 0. The SMILES string of the molecule is CC1(ON2C(=O)CC2=O)COC(=O)C1. The first kappa shape index (κ1) is 9.14. The van der Waals surface area contributed by atoms with Crippen molar-refractivity contribution in [3.05, 3.63) is 0 Å². The maximum absolute atomic E-state index is 10.9. The maximum Gasteiger partial charge on any atom is 0.309 e. The summed E-state index contributed by atoms with van der Waals surface area (Å²) in [4.78, 5) is 37.8. The quantitative estimate of drug-likeness (QED) is 0.337. The van der Waals surface area contributed by atoms with E-state index in [0.717, 1.165) is 0 Å². The van der Waals surface area contributed by atoms with Crippen molar-refractivity contribution in [3.8, 4) is 0 Å². The molecule has 2 fully saturated rings. The van der Waals surface area contributed by atoms with E-state index in [-0.39, 0.29) is 37.2 Å². The lowest BCUT2D eigenvalue weighted by Crippen LogP contribution is -2.53. The van der Waals surface area contributed by atoms with E-state index in [2.05, 4.69) is 0 Å². The van der Waals surface area contributed by atoms with Crippen LogP contribution in [-0.4, -0.2) is 35.1 Å². The molecule has 0 aliphatic carbocycles. The molecule has 1 atom stereocenters. The molecule has 2 heterocycles. The minimum absolute atomic E-state index is 0.0596. The van der Waals surface area contributed by atoms with Gasteiger partial charge in [-0.15, -0.1) is 0 Å². The number of imide groups is 1. The molecule has 0 aromatic carbocycles. The third kappa shape index (κ3) is 1.37. The number of hydrogen-bond donors (Lipinski definition) is 0. The van der Waals surface area contributed by atoms with Crippen molar-refractivity contribution >= 4 is 17.8 Å². The molecule has 6 nitrogen and oxygen atoms in total. The highest BCUT2D eigenvalue weighted by Crippen LogP contribution is 2.27. The van der Waals surface area contributed by atoms with Crippen LogP contribution in [0.1, 0.15) is 19.8 Å². The first-order valence-electron chi connectivity index (χ1n) is 4.21. The van der Waals surface area contributed by atoms with Crippen LogP contribution in [0, 0.1) is 0 Å². The Labute approximate surface area is 79.7 Å². The van der Waals surface area contributed by atoms with E-state index in [1.807, 2.05) is 0 Å². The Morgan fingerprint density at radius 3 is 2.43 bits per heavy atom. The van der Waals surface area contributed by atoms with Gasteiger partial charge in [-0.3, -0.25) is 19.2 Å². The Hall–Kier alpha value is -1.43. The number of hydroxylamine groups is 2. The lowest BCUT2D eigenvalue weighted by Gasteiger charge is -2.33. The molecule has 0 bridgehead atoms. The van der Waals surface area contributed by atoms with Crippen LogP contribution < -0.4 is 0 Å². The molecule has 14 heavy (non-hydrogen) atoms. The summed E-state index contributed by atoms with van der Waals surface area (Å²) in [5.41, 5.74) is -0.886. The Morgan fingerprint density at radius 1 is 1.36 bits per heavy atom. The van der Waals surface area contributed by atoms with Crippen molar-refractivity contribution in [3.63, 3.8) is 0 Å². The van der Waals surface area contributed by atoms with Gasteiger partial charge in [-0.2, -0.15) is 5.06 Å². The third-order valence-corrected chi connectivity index (χ3v) is 2.12. The molecule has 2 amide bonds. The highest BCUT2D eigenvalue weighted by atomic mass is 16.7. The van der Waals surface area contributed by atoms with Gasteiger partial charge in [-0.05, 0) is 6.92 Å². The molecular weight excluding hydrogens is 190 g/mol. The second-order valence-electron chi connectivity index (χ2n) is 3.64. The highest BCUT2D eigenvalue weighted by molar-refractivity contribution is 6.13. The monoisotopic (exact) mass is 199 g/mol. The number of carbonyl (C=O) groups excluding carboxylic acids is 3. The number of ether oxygens (including phenoxy) is 1. The zero-order valence-electron chi connectivity index (χ0n) is 7.61. The third-order valence-electron chi connectivity index (χ3n) is 2.12. The molecule has 0 aromatic heterocycles. The fourth-order valence-electron chi connectivity index (χ4n) is 1.34. The van der Waals surface area contributed by atoms with Crippen LogP contribution in [0.5, 0.6) is 0 Å². The van der Waals surface area contributed by atoms with Crippen molar-refractivity contribution in [2.75, 3.05) is 6.61 Å². The molecule has 0 aromatic rings. The summed E-state index contributed by atoms with van der Waals surface area (Å²) in [6, 6.07) is 0. The Kier molecular flexibility index (Phi) is 1.81. The van der Waals surface area contributed by atoms with Gasteiger partial charge in [0.2, 0.25) is 0 Å². The van der Waals surface area contributed by atoms with Crippen LogP contribution in [0.2, 0.25) is 0 Å². The number of rotatable bonds is 2. The summed E-state index contributed by atoms with van der Waals surface area (Å²) in [5.74, 6) is -1.14. The molecule has 1 unspecified atom stereocenters. The van der Waals surface area contributed by atoms with Gasteiger partial charge in [0.15, 0.2) is 0 Å². The Morgan fingerprint density at radius 2 is 2.00 bits per heavy atom. The van der Waals surface area contributed by atoms with E-state index < -0.39 is 5.60 Å². The fourth-order valence-corrected chi connectivity index (χ4v) is 1.34. The van der Waals surface area contributed by atoms with Gasteiger partial charge < -0.3 is 4.74 Å². The Bertz CT molecular complexity index is 312. The topological polar surface area (TPSA) is 72.9 Å². The summed E-state index contributed by atoms with van der Waals surface area (Å²) >= 11 is 0. The number of nitrogens with zero attached hydrogens (tertiary/aromatic N) is 1. The number of amides is 2. The zero-order chi connectivity index (χ0) is 10.3.